The number of benzene rings is 2. The number of amides is 4. The zero-order chi connectivity index (χ0) is 19.9. The Morgan fingerprint density at radius 3 is 2.07 bits per heavy atom. The zero-order valence-corrected chi connectivity index (χ0v) is 15.8. The second-order valence-corrected chi connectivity index (χ2v) is 6.79. The average molecular weight is 380 g/mol. The number of hydrogen-bond donors (Lipinski definition) is 3. The number of urea groups is 1. The largest absolute Gasteiger partial charge is 0.349 e. The maximum absolute atomic E-state index is 12.4. The summed E-state index contributed by atoms with van der Waals surface area (Å²) in [6.45, 7) is 2.61. The van der Waals surface area contributed by atoms with E-state index in [0.717, 1.165) is 5.69 Å². The highest BCUT2D eigenvalue weighted by molar-refractivity contribution is 5.95. The van der Waals surface area contributed by atoms with Crippen molar-refractivity contribution in [2.75, 3.05) is 23.7 Å². The van der Waals surface area contributed by atoms with E-state index in [4.69, 9.17) is 0 Å². The number of nitrogens with one attached hydrogen (secondary N) is 3. The van der Waals surface area contributed by atoms with Crippen molar-refractivity contribution in [3.05, 3.63) is 60.2 Å². The van der Waals surface area contributed by atoms with Gasteiger partial charge in [0.25, 0.3) is 5.91 Å². The fourth-order valence-electron chi connectivity index (χ4n) is 3.13. The predicted octanol–water partition coefficient (Wildman–Crippen LogP) is 3.07. The molecule has 1 aliphatic rings. The van der Waals surface area contributed by atoms with Crippen molar-refractivity contribution in [3.8, 4) is 0 Å². The number of rotatable bonds is 4. The minimum Gasteiger partial charge on any atom is -0.349 e. The number of anilines is 2. The van der Waals surface area contributed by atoms with E-state index in [-0.39, 0.29) is 23.9 Å². The molecular formula is C21H24N4O3. The lowest BCUT2D eigenvalue weighted by atomic mass is 10.0. The highest BCUT2D eigenvalue weighted by Gasteiger charge is 2.24. The standard InChI is InChI=1S/C21H24N4O3/c1-15(26)22-18-9-7-16(8-10-18)20(27)23-19-11-13-25(14-12-19)21(28)24-17-5-3-2-4-6-17/h2-10,19H,11-14H2,1H3,(H,22,26)(H,23,27)(H,24,28). The van der Waals surface area contributed by atoms with Crippen LogP contribution in [0.15, 0.2) is 54.6 Å². The molecule has 0 aromatic heterocycles. The van der Waals surface area contributed by atoms with E-state index in [0.29, 0.717) is 37.2 Å². The molecule has 3 rings (SSSR count). The molecule has 7 heteroatoms. The molecule has 2 aromatic carbocycles. The fraction of sp³-hybridized carbons (Fsp3) is 0.286. The van der Waals surface area contributed by atoms with Crippen LogP contribution in [0.1, 0.15) is 30.1 Å². The number of carbonyl (C=O) groups is 3. The van der Waals surface area contributed by atoms with Crippen LogP contribution in [-0.4, -0.2) is 41.9 Å². The monoisotopic (exact) mass is 380 g/mol. The van der Waals surface area contributed by atoms with Gasteiger partial charge < -0.3 is 20.9 Å². The van der Waals surface area contributed by atoms with Gasteiger partial charge in [0.1, 0.15) is 0 Å². The van der Waals surface area contributed by atoms with E-state index in [9.17, 15) is 14.4 Å². The van der Waals surface area contributed by atoms with E-state index >= 15 is 0 Å². The Bertz CT molecular complexity index is 828. The summed E-state index contributed by atoms with van der Waals surface area (Å²) in [5, 5.41) is 8.57. The van der Waals surface area contributed by atoms with Gasteiger partial charge in [0.15, 0.2) is 0 Å². The maximum atomic E-state index is 12.4. The van der Waals surface area contributed by atoms with Gasteiger partial charge in [-0.15, -0.1) is 0 Å². The van der Waals surface area contributed by atoms with Gasteiger partial charge in [0, 0.05) is 43.0 Å². The summed E-state index contributed by atoms with van der Waals surface area (Å²) >= 11 is 0. The zero-order valence-electron chi connectivity index (χ0n) is 15.8. The summed E-state index contributed by atoms with van der Waals surface area (Å²) in [7, 11) is 0. The quantitative estimate of drug-likeness (QED) is 0.761. The third-order valence-electron chi connectivity index (χ3n) is 4.61. The van der Waals surface area contributed by atoms with Gasteiger partial charge >= 0.3 is 6.03 Å². The van der Waals surface area contributed by atoms with Crippen molar-refractivity contribution in [1.29, 1.82) is 0 Å². The number of likely N-dealkylation sites (tertiary alicyclic amines) is 1. The number of nitrogens with zero attached hydrogens (tertiary/aromatic N) is 1. The van der Waals surface area contributed by atoms with Crippen LogP contribution in [0.5, 0.6) is 0 Å². The molecule has 1 saturated heterocycles. The fourth-order valence-corrected chi connectivity index (χ4v) is 3.13. The van der Waals surface area contributed by atoms with Gasteiger partial charge in [-0.3, -0.25) is 9.59 Å². The molecular weight excluding hydrogens is 356 g/mol. The number of piperidine rings is 1. The molecule has 0 radical (unpaired) electrons. The second-order valence-electron chi connectivity index (χ2n) is 6.79. The molecule has 0 spiro atoms. The lowest BCUT2D eigenvalue weighted by Gasteiger charge is -2.32. The van der Waals surface area contributed by atoms with Crippen molar-refractivity contribution in [2.24, 2.45) is 0 Å². The van der Waals surface area contributed by atoms with Crippen LogP contribution in [0.25, 0.3) is 0 Å². The van der Waals surface area contributed by atoms with Crippen LogP contribution in [0.3, 0.4) is 0 Å². The first-order valence-corrected chi connectivity index (χ1v) is 9.31. The Labute approximate surface area is 164 Å². The second kappa shape index (κ2) is 9.03. The molecule has 4 amide bonds. The molecule has 146 valence electrons. The molecule has 3 N–H and O–H groups in total. The van der Waals surface area contributed by atoms with Crippen molar-refractivity contribution in [1.82, 2.24) is 10.2 Å². The summed E-state index contributed by atoms with van der Waals surface area (Å²) in [6.07, 6.45) is 1.41. The molecule has 0 saturated carbocycles. The van der Waals surface area contributed by atoms with Gasteiger partial charge in [-0.05, 0) is 49.2 Å². The van der Waals surface area contributed by atoms with E-state index in [2.05, 4.69) is 16.0 Å². The van der Waals surface area contributed by atoms with Crippen LogP contribution in [0.4, 0.5) is 16.2 Å². The molecule has 28 heavy (non-hydrogen) atoms. The average Bonchev–Trinajstić information content (AvgIpc) is 2.69. The third-order valence-corrected chi connectivity index (χ3v) is 4.61. The molecule has 0 bridgehead atoms. The molecule has 1 aliphatic heterocycles. The first-order chi connectivity index (χ1) is 13.5. The Hall–Kier alpha value is -3.35. The summed E-state index contributed by atoms with van der Waals surface area (Å²) in [5.74, 6) is -0.304. The van der Waals surface area contributed by atoms with Crippen LogP contribution in [-0.2, 0) is 4.79 Å². The van der Waals surface area contributed by atoms with Crippen LogP contribution < -0.4 is 16.0 Å². The topological polar surface area (TPSA) is 90.5 Å². The van der Waals surface area contributed by atoms with E-state index in [1.165, 1.54) is 6.92 Å². The van der Waals surface area contributed by atoms with Gasteiger partial charge in [0.2, 0.25) is 5.91 Å². The SMILES string of the molecule is CC(=O)Nc1ccc(C(=O)NC2CCN(C(=O)Nc3ccccc3)CC2)cc1. The van der Waals surface area contributed by atoms with Crippen LogP contribution in [0, 0.1) is 0 Å². The first kappa shape index (κ1) is 19.4. The van der Waals surface area contributed by atoms with Crippen LogP contribution in [0.2, 0.25) is 0 Å². The molecule has 0 atom stereocenters. The van der Waals surface area contributed by atoms with Gasteiger partial charge in [-0.25, -0.2) is 4.79 Å². The Morgan fingerprint density at radius 2 is 1.46 bits per heavy atom. The van der Waals surface area contributed by atoms with Crippen molar-refractivity contribution in [3.63, 3.8) is 0 Å². The summed E-state index contributed by atoms with van der Waals surface area (Å²) < 4.78 is 0. The maximum Gasteiger partial charge on any atom is 0.321 e. The van der Waals surface area contributed by atoms with Crippen molar-refractivity contribution < 1.29 is 14.4 Å². The molecule has 7 nitrogen and oxygen atoms in total. The van der Waals surface area contributed by atoms with E-state index < -0.39 is 0 Å². The van der Waals surface area contributed by atoms with E-state index in [1.54, 1.807) is 29.2 Å². The molecule has 1 heterocycles. The van der Waals surface area contributed by atoms with Crippen LogP contribution >= 0.6 is 0 Å². The smallest absolute Gasteiger partial charge is 0.321 e. The van der Waals surface area contributed by atoms with Crippen molar-refractivity contribution in [2.45, 2.75) is 25.8 Å². The highest BCUT2D eigenvalue weighted by atomic mass is 16.2. The number of carbonyl (C=O) groups excluding carboxylic acids is 3. The Kier molecular flexibility index (Phi) is 6.26. The summed E-state index contributed by atoms with van der Waals surface area (Å²) in [4.78, 5) is 37.5. The number of para-hydroxylation sites is 1. The molecule has 0 unspecified atom stereocenters. The Morgan fingerprint density at radius 1 is 0.857 bits per heavy atom. The summed E-state index contributed by atoms with van der Waals surface area (Å²) in [5.41, 5.74) is 1.96. The van der Waals surface area contributed by atoms with Gasteiger partial charge in [-0.2, -0.15) is 0 Å². The van der Waals surface area contributed by atoms with E-state index in [1.807, 2.05) is 30.3 Å². The molecule has 0 aliphatic carbocycles. The highest BCUT2D eigenvalue weighted by Crippen LogP contribution is 2.15. The van der Waals surface area contributed by atoms with Gasteiger partial charge in [-0.1, -0.05) is 18.2 Å². The van der Waals surface area contributed by atoms with Gasteiger partial charge in [0.05, 0.1) is 0 Å². The molecule has 1 fully saturated rings. The lowest BCUT2D eigenvalue weighted by molar-refractivity contribution is -0.114. The predicted molar refractivity (Wildman–Crippen MR) is 108 cm³/mol. The lowest BCUT2D eigenvalue weighted by Crippen LogP contribution is -2.47. The first-order valence-electron chi connectivity index (χ1n) is 9.31. The Balaban J connectivity index is 1.46. The minimum absolute atomic E-state index is 0.0308. The normalized spacial score (nSPS) is 14.2. The third kappa shape index (κ3) is 5.33. The summed E-state index contributed by atoms with van der Waals surface area (Å²) in [6, 6.07) is 16.0. The van der Waals surface area contributed by atoms with Crippen molar-refractivity contribution >= 4 is 29.2 Å². The minimum atomic E-state index is -0.153. The molecule has 2 aromatic rings. The number of hydrogen-bond acceptors (Lipinski definition) is 3.